The topological polar surface area (TPSA) is 59.3 Å². The van der Waals surface area contributed by atoms with E-state index in [-0.39, 0.29) is 17.9 Å². The van der Waals surface area contributed by atoms with Crippen molar-refractivity contribution in [2.75, 3.05) is 11.9 Å². The number of imidazole rings is 1. The predicted octanol–water partition coefficient (Wildman–Crippen LogP) is 8.19. The molecule has 0 aliphatic heterocycles. The van der Waals surface area contributed by atoms with Crippen molar-refractivity contribution in [1.29, 1.82) is 0 Å². The molecule has 2 aliphatic rings. The molecule has 4 aromatic rings. The first-order valence-electron chi connectivity index (χ1n) is 14.3. The van der Waals surface area contributed by atoms with Gasteiger partial charge in [-0.3, -0.25) is 4.79 Å². The van der Waals surface area contributed by atoms with E-state index in [4.69, 9.17) is 5.10 Å². The first-order valence-corrected chi connectivity index (χ1v) is 14.3. The highest BCUT2D eigenvalue weighted by atomic mass is 19.4. The Morgan fingerprint density at radius 1 is 1.10 bits per heavy atom. The number of rotatable bonds is 11. The third-order valence-corrected chi connectivity index (χ3v) is 8.41. The molecule has 0 saturated heterocycles. The van der Waals surface area contributed by atoms with Crippen LogP contribution in [0.2, 0.25) is 0 Å². The second kappa shape index (κ2) is 10.8. The Labute approximate surface area is 240 Å². The van der Waals surface area contributed by atoms with Gasteiger partial charge < -0.3 is 5.32 Å². The molecule has 2 saturated carbocycles. The van der Waals surface area contributed by atoms with Crippen LogP contribution in [0.4, 0.5) is 27.6 Å². The fourth-order valence-corrected chi connectivity index (χ4v) is 5.75. The molecule has 2 aromatic heterocycles. The molecule has 0 atom stereocenters. The van der Waals surface area contributed by atoms with Gasteiger partial charge in [0.15, 0.2) is 11.4 Å². The summed E-state index contributed by atoms with van der Waals surface area (Å²) < 4.78 is 69.4. The molecule has 220 valence electrons. The van der Waals surface area contributed by atoms with Crippen molar-refractivity contribution in [3.8, 4) is 11.3 Å². The lowest BCUT2D eigenvalue weighted by molar-refractivity contribution is -0.131. The van der Waals surface area contributed by atoms with E-state index in [2.05, 4.69) is 10.3 Å². The zero-order valence-electron chi connectivity index (χ0n) is 23.2. The van der Waals surface area contributed by atoms with Crippen molar-refractivity contribution in [1.82, 2.24) is 14.6 Å². The smallest absolute Gasteiger partial charge is 0.382 e. The van der Waals surface area contributed by atoms with Crippen LogP contribution in [-0.4, -0.2) is 33.1 Å². The van der Waals surface area contributed by atoms with Gasteiger partial charge in [0.1, 0.15) is 11.6 Å². The molecule has 2 aliphatic carbocycles. The number of nitrogens with one attached hydrogen (secondary N) is 1. The Morgan fingerprint density at radius 2 is 1.88 bits per heavy atom. The van der Waals surface area contributed by atoms with Crippen LogP contribution in [0.15, 0.2) is 48.7 Å². The summed E-state index contributed by atoms with van der Waals surface area (Å²) in [6, 6.07) is 10.4. The van der Waals surface area contributed by atoms with E-state index in [1.165, 1.54) is 17.4 Å². The number of carbonyl (C=O) groups excluding carboxylic acids is 1. The van der Waals surface area contributed by atoms with Crippen molar-refractivity contribution >= 4 is 17.1 Å². The lowest BCUT2D eigenvalue weighted by Gasteiger charge is -2.19. The maximum absolute atomic E-state index is 14.9. The minimum atomic E-state index is -4.35. The largest absolute Gasteiger partial charge is 0.390 e. The molecule has 0 radical (unpaired) electrons. The number of aromatic nitrogens is 3. The van der Waals surface area contributed by atoms with Gasteiger partial charge >= 0.3 is 6.18 Å². The number of aryl methyl sites for hydroxylation is 1. The van der Waals surface area contributed by atoms with E-state index in [9.17, 15) is 26.7 Å². The average Bonchev–Trinajstić information content (AvgIpc) is 3.87. The maximum Gasteiger partial charge on any atom is 0.390 e. The maximum atomic E-state index is 14.9. The number of fused-ring (bicyclic) bond motifs is 1. The fraction of sp³-hybridized carbons (Fsp3) is 0.406. The van der Waals surface area contributed by atoms with Crippen LogP contribution in [-0.2, 0) is 5.41 Å². The summed E-state index contributed by atoms with van der Waals surface area (Å²) in [6.07, 6.45) is 2.17. The van der Waals surface area contributed by atoms with Crippen LogP contribution in [0.3, 0.4) is 0 Å². The number of hydrogen-bond donors (Lipinski definition) is 1. The minimum Gasteiger partial charge on any atom is -0.382 e. The second-order valence-corrected chi connectivity index (χ2v) is 11.6. The van der Waals surface area contributed by atoms with Crippen molar-refractivity contribution in [2.24, 2.45) is 5.92 Å². The molecule has 2 heterocycles. The number of halogens is 5. The number of anilines is 1. The normalized spacial score (nSPS) is 16.1. The molecule has 2 aromatic carbocycles. The highest BCUT2D eigenvalue weighted by Crippen LogP contribution is 2.54. The third-order valence-electron chi connectivity index (χ3n) is 8.41. The molecular weight excluding hydrogens is 551 g/mol. The van der Waals surface area contributed by atoms with Crippen LogP contribution < -0.4 is 5.32 Å². The Balaban J connectivity index is 1.38. The summed E-state index contributed by atoms with van der Waals surface area (Å²) in [6.45, 7) is 1.48. The number of carbonyl (C=O) groups is 1. The van der Waals surface area contributed by atoms with Crippen molar-refractivity contribution < 1.29 is 26.7 Å². The molecule has 0 bridgehead atoms. The fourth-order valence-electron chi connectivity index (χ4n) is 5.75. The molecule has 1 N–H and O–H groups in total. The Hall–Kier alpha value is -3.82. The number of Topliss-reactive ketones (excluding diaryl/α,β-unsaturated/α-hetero) is 1. The third kappa shape index (κ3) is 5.76. The summed E-state index contributed by atoms with van der Waals surface area (Å²) >= 11 is 0. The number of ketones is 1. The average molecular weight is 583 g/mol. The van der Waals surface area contributed by atoms with Gasteiger partial charge in [-0.05, 0) is 68.0 Å². The van der Waals surface area contributed by atoms with Gasteiger partial charge in [0.25, 0.3) is 0 Å². The summed E-state index contributed by atoms with van der Waals surface area (Å²) in [5.41, 5.74) is 3.05. The van der Waals surface area contributed by atoms with Gasteiger partial charge in [-0.1, -0.05) is 31.4 Å². The van der Waals surface area contributed by atoms with Gasteiger partial charge in [-0.2, -0.15) is 18.3 Å². The van der Waals surface area contributed by atoms with Crippen LogP contribution in [0.25, 0.3) is 16.9 Å². The van der Waals surface area contributed by atoms with Gasteiger partial charge in [0, 0.05) is 35.1 Å². The zero-order valence-corrected chi connectivity index (χ0v) is 23.2. The molecule has 0 amide bonds. The standard InChI is InChI=1S/C32H31F5N4O/c1-19-15-21(7-9-23(19)28(42)4-2-3-20-5-6-20)27-18-39-30-26(38-14-13-32(35,36)37)17-29(40-41(27)30)31(11-12-31)24-16-22(33)8-10-25(24)34/h7-10,15-18,20,38H,2-6,11-14H2,1H3. The highest BCUT2D eigenvalue weighted by molar-refractivity contribution is 5.98. The Bertz CT molecular complexity index is 1650. The number of benzene rings is 2. The predicted molar refractivity (Wildman–Crippen MR) is 150 cm³/mol. The number of alkyl halides is 3. The number of hydrogen-bond acceptors (Lipinski definition) is 4. The molecule has 42 heavy (non-hydrogen) atoms. The van der Waals surface area contributed by atoms with E-state index < -0.39 is 29.6 Å². The first kappa shape index (κ1) is 28.3. The molecule has 6 rings (SSSR count). The van der Waals surface area contributed by atoms with E-state index in [0.29, 0.717) is 47.5 Å². The van der Waals surface area contributed by atoms with Crippen LogP contribution in [0, 0.1) is 24.5 Å². The lowest BCUT2D eigenvalue weighted by atomic mass is 9.91. The van der Waals surface area contributed by atoms with E-state index in [1.54, 1.807) is 18.3 Å². The SMILES string of the molecule is Cc1cc(-c2cnc3c(NCCC(F)(F)F)cc(C4(c5cc(F)ccc5F)CC4)nn23)ccc1C(=O)CCCC1CC1. The number of nitrogens with zero attached hydrogens (tertiary/aromatic N) is 3. The van der Waals surface area contributed by atoms with Crippen LogP contribution >= 0.6 is 0 Å². The molecule has 0 spiro atoms. The molecule has 0 unspecified atom stereocenters. The Morgan fingerprint density at radius 3 is 2.57 bits per heavy atom. The van der Waals surface area contributed by atoms with E-state index in [1.807, 2.05) is 19.1 Å². The minimum absolute atomic E-state index is 0.0993. The van der Waals surface area contributed by atoms with Crippen LogP contribution in [0.1, 0.15) is 78.5 Å². The highest BCUT2D eigenvalue weighted by Gasteiger charge is 2.50. The summed E-state index contributed by atoms with van der Waals surface area (Å²) in [5, 5.41) is 7.63. The van der Waals surface area contributed by atoms with Crippen molar-refractivity contribution in [2.45, 2.75) is 69.9 Å². The molecular formula is C32H31F5N4O. The molecule has 5 nitrogen and oxygen atoms in total. The molecule has 2 fully saturated rings. The van der Waals surface area contributed by atoms with Crippen molar-refractivity contribution in [3.63, 3.8) is 0 Å². The Kier molecular flexibility index (Phi) is 7.27. The van der Waals surface area contributed by atoms with E-state index >= 15 is 0 Å². The summed E-state index contributed by atoms with van der Waals surface area (Å²) in [5.74, 6) is -0.277. The van der Waals surface area contributed by atoms with Gasteiger partial charge in [-0.25, -0.2) is 18.3 Å². The van der Waals surface area contributed by atoms with Gasteiger partial charge in [-0.15, -0.1) is 0 Å². The van der Waals surface area contributed by atoms with Crippen LogP contribution in [0.5, 0.6) is 0 Å². The lowest BCUT2D eigenvalue weighted by Crippen LogP contribution is -2.18. The summed E-state index contributed by atoms with van der Waals surface area (Å²) in [7, 11) is 0. The van der Waals surface area contributed by atoms with Gasteiger partial charge in [0.2, 0.25) is 0 Å². The van der Waals surface area contributed by atoms with E-state index in [0.717, 1.165) is 48.1 Å². The first-order chi connectivity index (χ1) is 20.0. The van der Waals surface area contributed by atoms with Gasteiger partial charge in [0.05, 0.1) is 29.7 Å². The second-order valence-electron chi connectivity index (χ2n) is 11.6. The monoisotopic (exact) mass is 582 g/mol. The molecule has 10 heteroatoms. The summed E-state index contributed by atoms with van der Waals surface area (Å²) in [4.78, 5) is 17.3. The van der Waals surface area contributed by atoms with Crippen molar-refractivity contribution in [3.05, 3.63) is 82.7 Å². The zero-order chi connectivity index (χ0) is 29.6. The quantitative estimate of drug-likeness (QED) is 0.143.